The van der Waals surface area contributed by atoms with Crippen molar-refractivity contribution in [1.29, 1.82) is 0 Å². The second-order valence-electron chi connectivity index (χ2n) is 16.3. The minimum atomic E-state index is -1.65. The molecule has 0 saturated carbocycles. The zero-order valence-corrected chi connectivity index (χ0v) is 40.0. The monoisotopic (exact) mass is 987 g/mol. The van der Waals surface area contributed by atoms with Gasteiger partial charge in [0.15, 0.2) is 11.9 Å². The van der Waals surface area contributed by atoms with Crippen LogP contribution in [-0.2, 0) is 43.2 Å². The number of carbonyl (C=O) groups is 9. The zero-order valence-electron chi connectivity index (χ0n) is 40.0. The zero-order chi connectivity index (χ0) is 52.8. The lowest BCUT2D eigenvalue weighted by molar-refractivity contribution is -0.136. The Bertz CT molecular complexity index is 1750. The van der Waals surface area contributed by atoms with Crippen molar-refractivity contribution >= 4 is 65.1 Å². The van der Waals surface area contributed by atoms with Gasteiger partial charge in [-0.05, 0) is 98.6 Å². The van der Waals surface area contributed by atoms with E-state index in [1.165, 1.54) is 20.8 Å². The van der Waals surface area contributed by atoms with Crippen LogP contribution in [0.2, 0.25) is 0 Å². The second kappa shape index (κ2) is 33.9. The molecule has 0 spiro atoms. The fourth-order valence-corrected chi connectivity index (χ4v) is 6.11. The number of amides is 9. The molecule has 394 valence electrons. The molecule has 26 N–H and O–H groups in total. The molecule has 9 amide bonds. The van der Waals surface area contributed by atoms with Crippen molar-refractivity contribution in [3.63, 3.8) is 0 Å². The Morgan fingerprint density at radius 3 is 1.20 bits per heavy atom. The van der Waals surface area contributed by atoms with Crippen LogP contribution in [0.15, 0.2) is 9.98 Å². The lowest BCUT2D eigenvalue weighted by Gasteiger charge is -2.26. The molecular weight excluding hydrogens is 909 g/mol. The van der Waals surface area contributed by atoms with Crippen molar-refractivity contribution in [2.45, 2.75) is 152 Å². The van der Waals surface area contributed by atoms with Gasteiger partial charge in [-0.3, -0.25) is 53.1 Å². The third-order valence-corrected chi connectivity index (χ3v) is 10.2. The van der Waals surface area contributed by atoms with E-state index in [0.29, 0.717) is 45.2 Å². The summed E-state index contributed by atoms with van der Waals surface area (Å²) in [5.74, 6) is -8.20. The summed E-state index contributed by atoms with van der Waals surface area (Å²) in [5.41, 5.74) is 44.1. The Hall–Kier alpha value is -6.43. The molecule has 0 aromatic carbocycles. The van der Waals surface area contributed by atoms with Gasteiger partial charge in [-0.2, -0.15) is 0 Å². The number of aliphatic hydroxyl groups is 2. The maximum absolute atomic E-state index is 13.7. The van der Waals surface area contributed by atoms with Gasteiger partial charge in [0.05, 0.1) is 18.8 Å². The second-order valence-corrected chi connectivity index (χ2v) is 16.3. The quantitative estimate of drug-likeness (QED) is 0.0159. The number of unbranched alkanes of at least 4 members (excludes halogenated alkanes) is 2. The molecule has 0 bridgehead atoms. The number of carbonyl (C=O) groups excluding carboxylic acids is 9. The molecule has 0 radical (unpaired) electrons. The van der Waals surface area contributed by atoms with Gasteiger partial charge in [-0.1, -0.05) is 6.42 Å². The summed E-state index contributed by atoms with van der Waals surface area (Å²) in [7, 11) is 0. The van der Waals surface area contributed by atoms with E-state index in [0.717, 1.165) is 6.92 Å². The Labute approximate surface area is 401 Å². The number of hydrogen-bond donors (Lipinski definition) is 18. The molecule has 10 atom stereocenters. The summed E-state index contributed by atoms with van der Waals surface area (Å²) < 4.78 is 0. The molecule has 0 aliphatic rings. The van der Waals surface area contributed by atoms with E-state index >= 15 is 0 Å². The normalized spacial score (nSPS) is 15.3. The van der Waals surface area contributed by atoms with Gasteiger partial charge < -0.3 is 98.6 Å². The fourth-order valence-electron chi connectivity index (χ4n) is 6.11. The minimum absolute atomic E-state index is 0.00500. The number of guanidine groups is 2. The highest BCUT2D eigenvalue weighted by atomic mass is 16.3. The molecule has 10 unspecified atom stereocenters. The van der Waals surface area contributed by atoms with Crippen molar-refractivity contribution in [3.05, 3.63) is 0 Å². The molecule has 0 fully saturated rings. The molecule has 0 rings (SSSR count). The number of nitrogens with one attached hydrogen (secondary N) is 8. The lowest BCUT2D eigenvalue weighted by atomic mass is 10.0. The molecule has 29 heteroatoms. The Balaban J connectivity index is 6.07. The van der Waals surface area contributed by atoms with Crippen molar-refractivity contribution < 1.29 is 53.4 Å². The third kappa shape index (κ3) is 26.1. The van der Waals surface area contributed by atoms with Crippen molar-refractivity contribution in [1.82, 2.24) is 42.5 Å². The van der Waals surface area contributed by atoms with Crippen LogP contribution in [0.3, 0.4) is 0 Å². The first-order valence-electron chi connectivity index (χ1n) is 22.7. The van der Waals surface area contributed by atoms with E-state index in [2.05, 4.69) is 52.5 Å². The topological polar surface area (TPSA) is 523 Å². The van der Waals surface area contributed by atoms with E-state index in [9.17, 15) is 53.4 Å². The maximum Gasteiger partial charge on any atom is 0.245 e. The van der Waals surface area contributed by atoms with Crippen molar-refractivity contribution in [2.75, 3.05) is 32.8 Å². The summed E-state index contributed by atoms with van der Waals surface area (Å²) in [4.78, 5) is 126. The largest absolute Gasteiger partial charge is 0.394 e. The van der Waals surface area contributed by atoms with Gasteiger partial charge in [0.2, 0.25) is 53.2 Å². The predicted molar refractivity (Wildman–Crippen MR) is 254 cm³/mol. The maximum atomic E-state index is 13.7. The van der Waals surface area contributed by atoms with Crippen LogP contribution in [0.5, 0.6) is 0 Å². The number of aliphatic imine (C=N–C) groups is 2. The SMILES string of the molecule is CC(NC(=O)C(C)NC(=O)C(CCCN=C(N)N)NC(=O)C(CCCCN)NC(=O)C(N)CCCCN)C(=O)NC(CCCN=C(N)N)C(=O)NC(C)C(=O)NC(C(=O)NC(CO)C(N)=O)C(C)O. The number of nitrogens with zero attached hydrogens (tertiary/aromatic N) is 2. The summed E-state index contributed by atoms with van der Waals surface area (Å²) in [5, 5.41) is 39.0. The molecule has 0 heterocycles. The fraction of sp³-hybridized carbons (Fsp3) is 0.725. The average molecular weight is 987 g/mol. The molecule has 0 aromatic rings. The Morgan fingerprint density at radius 1 is 0.449 bits per heavy atom. The molecular formula is C40H78N18O11. The van der Waals surface area contributed by atoms with Crippen molar-refractivity contribution in [3.8, 4) is 0 Å². The Kier molecular flexibility index (Phi) is 30.8. The number of primary amides is 1. The molecule has 0 aliphatic heterocycles. The minimum Gasteiger partial charge on any atom is -0.394 e. The van der Waals surface area contributed by atoms with Crippen LogP contribution in [0.4, 0.5) is 0 Å². The third-order valence-electron chi connectivity index (χ3n) is 10.2. The average Bonchev–Trinajstić information content (AvgIpc) is 3.27. The van der Waals surface area contributed by atoms with Crippen molar-refractivity contribution in [2.24, 2.45) is 55.9 Å². The first-order valence-corrected chi connectivity index (χ1v) is 22.7. The molecule has 69 heavy (non-hydrogen) atoms. The van der Waals surface area contributed by atoms with E-state index in [1.807, 2.05) is 0 Å². The highest BCUT2D eigenvalue weighted by Crippen LogP contribution is 2.08. The van der Waals surface area contributed by atoms with E-state index in [-0.39, 0.29) is 57.1 Å². The molecule has 0 aromatic heterocycles. The van der Waals surface area contributed by atoms with Crippen LogP contribution < -0.4 is 88.4 Å². The smallest absolute Gasteiger partial charge is 0.245 e. The van der Waals surface area contributed by atoms with Crippen LogP contribution in [0.25, 0.3) is 0 Å². The van der Waals surface area contributed by atoms with Gasteiger partial charge in [0.25, 0.3) is 0 Å². The molecule has 29 nitrogen and oxygen atoms in total. The highest BCUT2D eigenvalue weighted by molar-refractivity contribution is 5.98. The van der Waals surface area contributed by atoms with Gasteiger partial charge in [0.1, 0.15) is 48.3 Å². The van der Waals surface area contributed by atoms with Crippen LogP contribution >= 0.6 is 0 Å². The Morgan fingerprint density at radius 2 is 0.797 bits per heavy atom. The number of hydrogen-bond acceptors (Lipinski definition) is 16. The van der Waals surface area contributed by atoms with Gasteiger partial charge >= 0.3 is 0 Å². The lowest BCUT2D eigenvalue weighted by Crippen LogP contribution is -2.61. The standard InChI is InChI=1S/C40H78N18O11/c1-20(52-36(67)27(14-10-18-50-40(47)48)56-37(68)25(12-6-8-16-42)55-34(65)24(43)11-5-7-15-41)31(62)51-21(2)32(63)54-26(13-9-17-49-39(45)46)35(66)53-22(3)33(64)58-29(23(4)60)38(69)57-28(19-59)30(44)61/h20-29,59-60H,5-19,41-43H2,1-4H3,(H2,44,61)(H,51,62)(H,52,67)(H,53,66)(H,54,63)(H,55,65)(H,56,68)(H,57,69)(H,58,64)(H4,45,46,49)(H4,47,48,50). The summed E-state index contributed by atoms with van der Waals surface area (Å²) in [6, 6.07) is -11.8. The first-order chi connectivity index (χ1) is 32.4. The summed E-state index contributed by atoms with van der Waals surface area (Å²) in [6.07, 6.45) is 1.52. The number of rotatable bonds is 35. The summed E-state index contributed by atoms with van der Waals surface area (Å²) >= 11 is 0. The summed E-state index contributed by atoms with van der Waals surface area (Å²) in [6.45, 7) is 5.04. The number of nitrogens with two attached hydrogens (primary N) is 8. The van der Waals surface area contributed by atoms with Crippen LogP contribution in [0.1, 0.15) is 91.9 Å². The van der Waals surface area contributed by atoms with Gasteiger partial charge in [-0.15, -0.1) is 0 Å². The van der Waals surface area contributed by atoms with E-state index < -0.39 is 120 Å². The number of aliphatic hydroxyl groups excluding tert-OH is 2. The van der Waals surface area contributed by atoms with E-state index in [1.54, 1.807) is 0 Å². The molecule has 0 aliphatic carbocycles. The van der Waals surface area contributed by atoms with Crippen LogP contribution in [0, 0.1) is 0 Å². The van der Waals surface area contributed by atoms with Gasteiger partial charge in [-0.25, -0.2) is 0 Å². The molecule has 0 saturated heterocycles. The van der Waals surface area contributed by atoms with Gasteiger partial charge in [0, 0.05) is 13.1 Å². The highest BCUT2D eigenvalue weighted by Gasteiger charge is 2.33. The van der Waals surface area contributed by atoms with Crippen LogP contribution in [-0.4, -0.2) is 169 Å². The predicted octanol–water partition coefficient (Wildman–Crippen LogP) is -8.52. The first kappa shape index (κ1) is 62.6. The van der Waals surface area contributed by atoms with E-state index in [4.69, 9.17) is 45.9 Å².